The van der Waals surface area contributed by atoms with Gasteiger partial charge >= 0.3 is 0 Å². The lowest BCUT2D eigenvalue weighted by Crippen LogP contribution is -2.40. The second-order valence-electron chi connectivity index (χ2n) is 7.89. The summed E-state index contributed by atoms with van der Waals surface area (Å²) in [5, 5.41) is 8.23. The highest BCUT2D eigenvalue weighted by Crippen LogP contribution is 2.26. The van der Waals surface area contributed by atoms with Crippen LogP contribution in [0.1, 0.15) is 41.3 Å². The number of benzene rings is 1. The van der Waals surface area contributed by atoms with Crippen LogP contribution in [0.25, 0.3) is 11.2 Å². The molecule has 3 heterocycles. The number of fused-ring (bicyclic) bond motifs is 1. The number of methoxy groups -OCH3 is 1. The van der Waals surface area contributed by atoms with Gasteiger partial charge in [0.2, 0.25) is 5.91 Å². The fourth-order valence-electron chi connectivity index (χ4n) is 3.93. The van der Waals surface area contributed by atoms with E-state index in [0.717, 1.165) is 24.0 Å². The standard InChI is InChI=1S/C21H26N6O3/c1-13-4-5-14(2)16(10-13)11-27-20-18(24-25-27)21(29)23-19(22-20)15-6-8-26(9-7-15)17(28)12-30-3/h4-5,10,15H,6-9,11-12H2,1-3H3,(H,22,23,29). The lowest BCUT2D eigenvalue weighted by Gasteiger charge is -2.31. The zero-order valence-electron chi connectivity index (χ0n) is 17.5. The number of hydrogen-bond acceptors (Lipinski definition) is 6. The van der Waals surface area contributed by atoms with Crippen LogP contribution in [0.5, 0.6) is 0 Å². The largest absolute Gasteiger partial charge is 0.375 e. The molecule has 9 heteroatoms. The molecule has 30 heavy (non-hydrogen) atoms. The number of carbonyl (C=O) groups is 1. The predicted molar refractivity (Wildman–Crippen MR) is 111 cm³/mol. The fourth-order valence-corrected chi connectivity index (χ4v) is 3.93. The normalized spacial score (nSPS) is 15.1. The number of ether oxygens (including phenoxy) is 1. The maximum atomic E-state index is 12.6. The lowest BCUT2D eigenvalue weighted by molar-refractivity contribution is -0.136. The molecule has 0 unspecified atom stereocenters. The first-order valence-electron chi connectivity index (χ1n) is 10.1. The average molecular weight is 410 g/mol. The molecule has 1 fully saturated rings. The number of likely N-dealkylation sites (tertiary alicyclic amines) is 1. The van der Waals surface area contributed by atoms with Crippen molar-refractivity contribution in [1.29, 1.82) is 0 Å². The van der Waals surface area contributed by atoms with Crippen LogP contribution in [0.3, 0.4) is 0 Å². The second-order valence-corrected chi connectivity index (χ2v) is 7.89. The maximum absolute atomic E-state index is 12.6. The van der Waals surface area contributed by atoms with E-state index < -0.39 is 0 Å². The van der Waals surface area contributed by atoms with Crippen LogP contribution in [0.4, 0.5) is 0 Å². The van der Waals surface area contributed by atoms with Crippen LogP contribution in [0, 0.1) is 13.8 Å². The van der Waals surface area contributed by atoms with Gasteiger partial charge in [-0.25, -0.2) is 9.67 Å². The number of rotatable bonds is 5. The number of H-pyrrole nitrogens is 1. The van der Waals surface area contributed by atoms with Crippen LogP contribution >= 0.6 is 0 Å². The van der Waals surface area contributed by atoms with E-state index in [1.54, 1.807) is 9.58 Å². The van der Waals surface area contributed by atoms with Gasteiger partial charge in [-0.1, -0.05) is 29.0 Å². The van der Waals surface area contributed by atoms with Crippen LogP contribution in [-0.2, 0) is 16.1 Å². The zero-order chi connectivity index (χ0) is 21.3. The Labute approximate surface area is 174 Å². The molecule has 0 atom stereocenters. The van der Waals surface area contributed by atoms with Crippen molar-refractivity contribution in [3.63, 3.8) is 0 Å². The summed E-state index contributed by atoms with van der Waals surface area (Å²) in [5.74, 6) is 0.706. The first kappa shape index (κ1) is 20.2. The highest BCUT2D eigenvalue weighted by atomic mass is 16.5. The summed E-state index contributed by atoms with van der Waals surface area (Å²) < 4.78 is 6.62. The Morgan fingerprint density at radius 1 is 1.27 bits per heavy atom. The predicted octanol–water partition coefficient (Wildman–Crippen LogP) is 1.53. The van der Waals surface area contributed by atoms with E-state index in [0.29, 0.717) is 31.1 Å². The van der Waals surface area contributed by atoms with Gasteiger partial charge in [0.1, 0.15) is 12.4 Å². The molecule has 1 saturated heterocycles. The van der Waals surface area contributed by atoms with E-state index >= 15 is 0 Å². The molecule has 1 aliphatic heterocycles. The van der Waals surface area contributed by atoms with Crippen LogP contribution in [-0.4, -0.2) is 62.6 Å². The van der Waals surface area contributed by atoms with Gasteiger partial charge in [0, 0.05) is 26.1 Å². The van der Waals surface area contributed by atoms with Crippen LogP contribution < -0.4 is 5.56 Å². The molecule has 0 radical (unpaired) electrons. The number of nitrogens with one attached hydrogen (secondary N) is 1. The first-order valence-corrected chi connectivity index (χ1v) is 10.1. The smallest absolute Gasteiger partial charge is 0.281 e. The van der Waals surface area contributed by atoms with Gasteiger partial charge in [-0.2, -0.15) is 0 Å². The average Bonchev–Trinajstić information content (AvgIpc) is 3.14. The summed E-state index contributed by atoms with van der Waals surface area (Å²) in [5.41, 5.74) is 3.91. The van der Waals surface area contributed by atoms with Gasteiger partial charge in [-0.05, 0) is 37.8 Å². The van der Waals surface area contributed by atoms with E-state index in [1.165, 1.54) is 12.7 Å². The van der Waals surface area contributed by atoms with Gasteiger partial charge in [0.05, 0.1) is 6.54 Å². The maximum Gasteiger partial charge on any atom is 0.281 e. The molecular formula is C21H26N6O3. The SMILES string of the molecule is COCC(=O)N1CCC(c2nc3c(nnn3Cc3cc(C)ccc3C)c(=O)[nH]2)CC1. The minimum atomic E-state index is -0.278. The number of nitrogens with zero attached hydrogens (tertiary/aromatic N) is 5. The van der Waals surface area contributed by atoms with E-state index in [4.69, 9.17) is 9.72 Å². The lowest BCUT2D eigenvalue weighted by atomic mass is 9.96. The fraction of sp³-hybridized carbons (Fsp3) is 0.476. The summed E-state index contributed by atoms with van der Waals surface area (Å²) in [6, 6.07) is 6.26. The summed E-state index contributed by atoms with van der Waals surface area (Å²) in [6.45, 7) is 5.94. The Kier molecular flexibility index (Phi) is 5.63. The zero-order valence-corrected chi connectivity index (χ0v) is 17.5. The molecule has 2 aromatic heterocycles. The van der Waals surface area contributed by atoms with E-state index in [9.17, 15) is 9.59 Å². The van der Waals surface area contributed by atoms with Crippen molar-refractivity contribution in [3.05, 3.63) is 51.1 Å². The molecule has 1 N–H and O–H groups in total. The quantitative estimate of drug-likeness (QED) is 0.684. The molecule has 0 bridgehead atoms. The second kappa shape index (κ2) is 8.35. The van der Waals surface area contributed by atoms with Crippen molar-refractivity contribution in [2.24, 2.45) is 0 Å². The first-order chi connectivity index (χ1) is 14.5. The molecule has 1 amide bonds. The van der Waals surface area contributed by atoms with Crippen LogP contribution in [0.15, 0.2) is 23.0 Å². The van der Waals surface area contributed by atoms with Crippen molar-refractivity contribution in [2.45, 2.75) is 39.2 Å². The molecule has 0 saturated carbocycles. The third-order valence-corrected chi connectivity index (χ3v) is 5.72. The van der Waals surface area contributed by atoms with E-state index in [2.05, 4.69) is 40.4 Å². The minimum absolute atomic E-state index is 0.0105. The molecule has 9 nitrogen and oxygen atoms in total. The number of amides is 1. The van der Waals surface area contributed by atoms with Crippen molar-refractivity contribution in [2.75, 3.05) is 26.8 Å². The molecule has 158 valence electrons. The molecule has 1 aliphatic rings. The Balaban J connectivity index is 1.59. The van der Waals surface area contributed by atoms with E-state index in [1.807, 2.05) is 6.92 Å². The number of carbonyl (C=O) groups excluding carboxylic acids is 1. The third-order valence-electron chi connectivity index (χ3n) is 5.72. The Morgan fingerprint density at radius 3 is 2.77 bits per heavy atom. The molecular weight excluding hydrogens is 384 g/mol. The van der Waals surface area contributed by atoms with Crippen LogP contribution in [0.2, 0.25) is 0 Å². The molecule has 0 spiro atoms. The van der Waals surface area contributed by atoms with E-state index in [-0.39, 0.29) is 29.5 Å². The van der Waals surface area contributed by atoms with Crippen molar-refractivity contribution in [3.8, 4) is 0 Å². The van der Waals surface area contributed by atoms with Crippen molar-refractivity contribution in [1.82, 2.24) is 29.9 Å². The molecule has 0 aliphatic carbocycles. The number of piperidine rings is 1. The van der Waals surface area contributed by atoms with Gasteiger partial charge in [-0.3, -0.25) is 9.59 Å². The number of aromatic amines is 1. The van der Waals surface area contributed by atoms with Gasteiger partial charge < -0.3 is 14.6 Å². The van der Waals surface area contributed by atoms with Gasteiger partial charge in [0.25, 0.3) is 5.56 Å². The molecule has 3 aromatic rings. The number of aryl methyl sites for hydroxylation is 2. The third kappa shape index (κ3) is 3.97. The van der Waals surface area contributed by atoms with Crippen molar-refractivity contribution >= 4 is 17.1 Å². The summed E-state index contributed by atoms with van der Waals surface area (Å²) in [7, 11) is 1.52. The number of hydrogen-bond donors (Lipinski definition) is 1. The Bertz CT molecular complexity index is 1130. The number of aromatic nitrogens is 5. The summed E-state index contributed by atoms with van der Waals surface area (Å²) >= 11 is 0. The van der Waals surface area contributed by atoms with Gasteiger partial charge in [0.15, 0.2) is 11.2 Å². The van der Waals surface area contributed by atoms with Crippen molar-refractivity contribution < 1.29 is 9.53 Å². The summed E-state index contributed by atoms with van der Waals surface area (Å²) in [4.78, 5) is 34.0. The topological polar surface area (TPSA) is 106 Å². The summed E-state index contributed by atoms with van der Waals surface area (Å²) in [6.07, 6.45) is 1.48. The van der Waals surface area contributed by atoms with Gasteiger partial charge in [-0.15, -0.1) is 5.10 Å². The highest BCUT2D eigenvalue weighted by Gasteiger charge is 2.26. The highest BCUT2D eigenvalue weighted by molar-refractivity contribution is 5.77. The Morgan fingerprint density at radius 2 is 2.03 bits per heavy atom. The molecule has 4 rings (SSSR count). The minimum Gasteiger partial charge on any atom is -0.375 e. The monoisotopic (exact) mass is 410 g/mol. The molecule has 1 aromatic carbocycles. The Hall–Kier alpha value is -3.07.